The number of carbonyl (C=O) groups excluding carboxylic acids is 1. The molecule has 0 aromatic carbocycles. The molecule has 0 bridgehead atoms. The Labute approximate surface area is 114 Å². The number of amides is 1. The molecule has 0 saturated heterocycles. The summed E-state index contributed by atoms with van der Waals surface area (Å²) in [5.41, 5.74) is 3.68. The van der Waals surface area contributed by atoms with E-state index < -0.39 is 0 Å². The summed E-state index contributed by atoms with van der Waals surface area (Å²) in [6.07, 6.45) is 11.4. The van der Waals surface area contributed by atoms with Gasteiger partial charge in [-0.3, -0.25) is 9.89 Å². The zero-order valence-corrected chi connectivity index (χ0v) is 11.7. The summed E-state index contributed by atoms with van der Waals surface area (Å²) in [6, 6.07) is 0. The molecule has 0 spiro atoms. The lowest BCUT2D eigenvalue weighted by atomic mass is 9.97. The second kappa shape index (κ2) is 7.12. The predicted molar refractivity (Wildman–Crippen MR) is 75.8 cm³/mol. The van der Waals surface area contributed by atoms with Gasteiger partial charge in [-0.1, -0.05) is 11.6 Å². The Morgan fingerprint density at radius 3 is 3.05 bits per heavy atom. The van der Waals surface area contributed by atoms with Crippen LogP contribution in [0.4, 0.5) is 0 Å². The van der Waals surface area contributed by atoms with Gasteiger partial charge in [-0.15, -0.1) is 0 Å². The van der Waals surface area contributed by atoms with E-state index in [2.05, 4.69) is 21.6 Å². The molecule has 0 saturated carbocycles. The highest BCUT2D eigenvalue weighted by atomic mass is 16.1. The first kappa shape index (κ1) is 13.8. The molecule has 19 heavy (non-hydrogen) atoms. The van der Waals surface area contributed by atoms with Crippen molar-refractivity contribution >= 4 is 5.91 Å². The molecule has 0 radical (unpaired) electrons. The first-order valence-corrected chi connectivity index (χ1v) is 7.19. The predicted octanol–water partition coefficient (Wildman–Crippen LogP) is 2.66. The lowest BCUT2D eigenvalue weighted by molar-refractivity contribution is -0.120. The van der Waals surface area contributed by atoms with Crippen LogP contribution in [0.2, 0.25) is 0 Å². The molecule has 0 aliphatic heterocycles. The summed E-state index contributed by atoms with van der Waals surface area (Å²) in [7, 11) is 0. The Bertz CT molecular complexity index is 448. The maximum absolute atomic E-state index is 11.8. The van der Waals surface area contributed by atoms with Gasteiger partial charge in [-0.2, -0.15) is 5.10 Å². The van der Waals surface area contributed by atoms with Gasteiger partial charge in [-0.05, 0) is 51.0 Å². The van der Waals surface area contributed by atoms with Crippen LogP contribution in [0.3, 0.4) is 0 Å². The molecule has 1 heterocycles. The Balaban J connectivity index is 1.61. The number of nitrogens with zero attached hydrogens (tertiary/aromatic N) is 1. The summed E-state index contributed by atoms with van der Waals surface area (Å²) >= 11 is 0. The number of aromatic nitrogens is 2. The van der Waals surface area contributed by atoms with Gasteiger partial charge in [0, 0.05) is 18.7 Å². The van der Waals surface area contributed by atoms with Gasteiger partial charge in [0.1, 0.15) is 0 Å². The minimum absolute atomic E-state index is 0.164. The molecule has 1 aromatic rings. The Hall–Kier alpha value is -1.58. The molecule has 0 unspecified atom stereocenters. The third-order valence-corrected chi connectivity index (χ3v) is 3.65. The molecule has 1 aliphatic rings. The van der Waals surface area contributed by atoms with Gasteiger partial charge in [0.15, 0.2) is 0 Å². The molecule has 104 valence electrons. The van der Waals surface area contributed by atoms with E-state index in [9.17, 15) is 4.79 Å². The minimum atomic E-state index is 0.164. The number of carbonyl (C=O) groups is 1. The van der Waals surface area contributed by atoms with Crippen LogP contribution in [0.5, 0.6) is 0 Å². The zero-order valence-electron chi connectivity index (χ0n) is 11.7. The van der Waals surface area contributed by atoms with E-state index in [1.165, 1.54) is 24.0 Å². The van der Waals surface area contributed by atoms with Crippen LogP contribution in [-0.4, -0.2) is 22.6 Å². The van der Waals surface area contributed by atoms with Crippen LogP contribution in [0.25, 0.3) is 0 Å². The fraction of sp³-hybridized carbons (Fsp3) is 0.600. The van der Waals surface area contributed by atoms with E-state index in [4.69, 9.17) is 0 Å². The Morgan fingerprint density at radius 2 is 2.37 bits per heavy atom. The minimum Gasteiger partial charge on any atom is -0.356 e. The SMILES string of the molecule is Cc1[nH]ncc1CCCNC(=O)CC1=CCCCC1. The van der Waals surface area contributed by atoms with E-state index in [-0.39, 0.29) is 5.91 Å². The van der Waals surface area contributed by atoms with E-state index in [1.807, 2.05) is 13.1 Å². The molecular formula is C15H23N3O. The van der Waals surface area contributed by atoms with Gasteiger partial charge >= 0.3 is 0 Å². The van der Waals surface area contributed by atoms with Crippen molar-refractivity contribution in [2.75, 3.05) is 6.54 Å². The van der Waals surface area contributed by atoms with Crippen molar-refractivity contribution in [1.82, 2.24) is 15.5 Å². The topological polar surface area (TPSA) is 57.8 Å². The number of nitrogens with one attached hydrogen (secondary N) is 2. The monoisotopic (exact) mass is 261 g/mol. The van der Waals surface area contributed by atoms with Crippen molar-refractivity contribution in [2.45, 2.75) is 51.9 Å². The van der Waals surface area contributed by atoms with Gasteiger partial charge in [0.2, 0.25) is 5.91 Å². The van der Waals surface area contributed by atoms with Crippen molar-refractivity contribution in [1.29, 1.82) is 0 Å². The molecule has 2 N–H and O–H groups in total. The van der Waals surface area contributed by atoms with Gasteiger partial charge in [0.25, 0.3) is 0 Å². The largest absolute Gasteiger partial charge is 0.356 e. The molecular weight excluding hydrogens is 238 g/mol. The van der Waals surface area contributed by atoms with E-state index in [0.717, 1.165) is 37.9 Å². The fourth-order valence-electron chi connectivity index (χ4n) is 2.47. The van der Waals surface area contributed by atoms with Crippen molar-refractivity contribution in [3.8, 4) is 0 Å². The molecule has 1 aliphatic carbocycles. The van der Waals surface area contributed by atoms with Gasteiger partial charge in [0.05, 0.1) is 6.20 Å². The van der Waals surface area contributed by atoms with E-state index in [0.29, 0.717) is 6.42 Å². The van der Waals surface area contributed by atoms with Crippen LogP contribution in [-0.2, 0) is 11.2 Å². The summed E-state index contributed by atoms with van der Waals surface area (Å²) in [5.74, 6) is 0.164. The van der Waals surface area contributed by atoms with Gasteiger partial charge < -0.3 is 5.32 Å². The van der Waals surface area contributed by atoms with E-state index >= 15 is 0 Å². The summed E-state index contributed by atoms with van der Waals surface area (Å²) in [6.45, 7) is 2.77. The standard InChI is InChI=1S/C15H23N3O/c1-12-14(11-17-18-12)8-5-9-16-15(19)10-13-6-3-2-4-7-13/h6,11H,2-5,7-10H2,1H3,(H,16,19)(H,17,18). The molecule has 4 heteroatoms. The number of hydrogen-bond acceptors (Lipinski definition) is 2. The lowest BCUT2D eigenvalue weighted by Gasteiger charge is -2.12. The van der Waals surface area contributed by atoms with Crippen LogP contribution in [0.1, 0.15) is 49.8 Å². The van der Waals surface area contributed by atoms with Crippen LogP contribution in [0.15, 0.2) is 17.8 Å². The highest BCUT2D eigenvalue weighted by molar-refractivity contribution is 5.78. The highest BCUT2D eigenvalue weighted by Crippen LogP contribution is 2.19. The lowest BCUT2D eigenvalue weighted by Crippen LogP contribution is -2.25. The average molecular weight is 261 g/mol. The van der Waals surface area contributed by atoms with Crippen molar-refractivity contribution in [3.05, 3.63) is 29.1 Å². The number of aromatic amines is 1. The quantitative estimate of drug-likeness (QED) is 0.611. The first-order chi connectivity index (χ1) is 9.25. The number of aryl methyl sites for hydroxylation is 2. The number of allylic oxidation sites excluding steroid dienone is 1. The van der Waals surface area contributed by atoms with Crippen molar-refractivity contribution in [3.63, 3.8) is 0 Å². The molecule has 0 fully saturated rings. The maximum atomic E-state index is 11.8. The second-order valence-corrected chi connectivity index (χ2v) is 5.26. The normalized spacial score (nSPS) is 15.1. The third kappa shape index (κ3) is 4.54. The molecule has 4 nitrogen and oxygen atoms in total. The van der Waals surface area contributed by atoms with Crippen LogP contribution in [0, 0.1) is 6.92 Å². The zero-order chi connectivity index (χ0) is 13.5. The molecule has 2 rings (SSSR count). The summed E-state index contributed by atoms with van der Waals surface area (Å²) in [4.78, 5) is 11.8. The number of rotatable bonds is 6. The van der Waals surface area contributed by atoms with Gasteiger partial charge in [-0.25, -0.2) is 0 Å². The van der Waals surface area contributed by atoms with Crippen molar-refractivity contribution < 1.29 is 4.79 Å². The highest BCUT2D eigenvalue weighted by Gasteiger charge is 2.08. The van der Waals surface area contributed by atoms with E-state index in [1.54, 1.807) is 0 Å². The van der Waals surface area contributed by atoms with Crippen molar-refractivity contribution in [2.24, 2.45) is 0 Å². The number of H-pyrrole nitrogens is 1. The average Bonchev–Trinajstić information content (AvgIpc) is 2.81. The molecule has 1 amide bonds. The Kier molecular flexibility index (Phi) is 5.19. The summed E-state index contributed by atoms with van der Waals surface area (Å²) in [5, 5.41) is 9.92. The van der Waals surface area contributed by atoms with Crippen LogP contribution >= 0.6 is 0 Å². The fourth-order valence-corrected chi connectivity index (χ4v) is 2.47. The third-order valence-electron chi connectivity index (χ3n) is 3.65. The smallest absolute Gasteiger partial charge is 0.224 e. The Morgan fingerprint density at radius 1 is 1.47 bits per heavy atom. The number of hydrogen-bond donors (Lipinski definition) is 2. The first-order valence-electron chi connectivity index (χ1n) is 7.19. The van der Waals surface area contributed by atoms with Crippen LogP contribution < -0.4 is 5.32 Å². The second-order valence-electron chi connectivity index (χ2n) is 5.26. The molecule has 1 aromatic heterocycles. The summed E-state index contributed by atoms with van der Waals surface area (Å²) < 4.78 is 0. The molecule has 0 atom stereocenters. The maximum Gasteiger partial charge on any atom is 0.224 e.